The van der Waals surface area contributed by atoms with Crippen LogP contribution in [0.2, 0.25) is 0 Å². The lowest BCUT2D eigenvalue weighted by molar-refractivity contribution is -0.143. The molecule has 0 spiro atoms. The molecule has 0 aliphatic heterocycles. The molecule has 4 nitrogen and oxygen atoms in total. The Morgan fingerprint density at radius 3 is 2.28 bits per heavy atom. The van der Waals surface area contributed by atoms with E-state index < -0.39 is 17.7 Å². The van der Waals surface area contributed by atoms with Gasteiger partial charge in [0, 0.05) is 10.6 Å². The number of aryl methyl sites for hydroxylation is 1. The van der Waals surface area contributed by atoms with Crippen LogP contribution < -0.4 is 9.47 Å². The van der Waals surface area contributed by atoms with Crippen LogP contribution in [0.1, 0.15) is 39.8 Å². The van der Waals surface area contributed by atoms with E-state index in [0.29, 0.717) is 11.3 Å². The molecule has 0 amide bonds. The van der Waals surface area contributed by atoms with Crippen molar-refractivity contribution in [1.82, 2.24) is 0 Å². The highest BCUT2D eigenvalue weighted by molar-refractivity contribution is 7.98. The fourth-order valence-corrected chi connectivity index (χ4v) is 5.35. The van der Waals surface area contributed by atoms with Gasteiger partial charge in [0.1, 0.15) is 18.1 Å². The molecule has 1 aliphatic rings. The highest BCUT2D eigenvalue weighted by Crippen LogP contribution is 2.41. The average molecular weight is 517 g/mol. The molecule has 0 N–H and O–H groups in total. The summed E-state index contributed by atoms with van der Waals surface area (Å²) in [5.41, 5.74) is 4.63. The minimum Gasteiger partial charge on any atom is -0.489 e. The van der Waals surface area contributed by atoms with E-state index in [4.69, 9.17) is 9.47 Å². The van der Waals surface area contributed by atoms with Gasteiger partial charge in [0.05, 0.1) is 12.7 Å². The largest absolute Gasteiger partial charge is 0.489 e. The monoisotopic (exact) mass is 516 g/mol. The van der Waals surface area contributed by atoms with Gasteiger partial charge in [0.15, 0.2) is 6.61 Å². The van der Waals surface area contributed by atoms with Crippen LogP contribution in [0.5, 0.6) is 11.5 Å². The number of carbonyl (C=O) groups excluding carboxylic acids is 1. The van der Waals surface area contributed by atoms with Crippen molar-refractivity contribution >= 4 is 17.7 Å². The van der Waals surface area contributed by atoms with Crippen LogP contribution in [0.25, 0.3) is 0 Å². The third kappa shape index (κ3) is 6.35. The van der Waals surface area contributed by atoms with Gasteiger partial charge in [0.25, 0.3) is 0 Å². The Morgan fingerprint density at radius 1 is 0.944 bits per heavy atom. The first-order valence-corrected chi connectivity index (χ1v) is 12.6. The summed E-state index contributed by atoms with van der Waals surface area (Å²) < 4.78 is 54.3. The molecular weight excluding hydrogens is 489 g/mol. The van der Waals surface area contributed by atoms with Gasteiger partial charge >= 0.3 is 12.1 Å². The Labute approximate surface area is 212 Å². The molecule has 36 heavy (non-hydrogen) atoms. The lowest BCUT2D eigenvalue weighted by Crippen LogP contribution is -2.14. The van der Waals surface area contributed by atoms with Crippen LogP contribution in [0.3, 0.4) is 0 Å². The molecule has 0 saturated heterocycles. The Morgan fingerprint density at radius 2 is 1.61 bits per heavy atom. The summed E-state index contributed by atoms with van der Waals surface area (Å²) in [6.45, 7) is 2.10. The van der Waals surface area contributed by atoms with Crippen LogP contribution >= 0.6 is 11.8 Å². The van der Waals surface area contributed by atoms with Crippen molar-refractivity contribution in [3.63, 3.8) is 0 Å². The smallest absolute Gasteiger partial charge is 0.416 e. The SMILES string of the molecule is COC(=O)COc1c(C)cc(SCc2ccc(OCc3ccc(C(F)(F)F)cc3)cc2)c2c1CCC2. The van der Waals surface area contributed by atoms with Crippen molar-refractivity contribution in [2.24, 2.45) is 0 Å². The molecule has 0 atom stereocenters. The number of ether oxygens (including phenoxy) is 3. The third-order valence-electron chi connectivity index (χ3n) is 6.06. The van der Waals surface area contributed by atoms with Crippen LogP contribution in [0.15, 0.2) is 59.5 Å². The number of hydrogen-bond acceptors (Lipinski definition) is 5. The fourth-order valence-electron chi connectivity index (χ4n) is 4.17. The summed E-state index contributed by atoms with van der Waals surface area (Å²) in [4.78, 5) is 12.7. The maximum atomic E-state index is 12.7. The van der Waals surface area contributed by atoms with Gasteiger partial charge in [-0.2, -0.15) is 13.2 Å². The zero-order valence-electron chi connectivity index (χ0n) is 20.1. The van der Waals surface area contributed by atoms with Gasteiger partial charge in [0.2, 0.25) is 0 Å². The molecule has 0 saturated carbocycles. The Hall–Kier alpha value is -3.13. The quantitative estimate of drug-likeness (QED) is 0.228. The summed E-state index contributed by atoms with van der Waals surface area (Å²) in [5, 5.41) is 0. The third-order valence-corrected chi connectivity index (χ3v) is 7.21. The number of alkyl halides is 3. The number of halogens is 3. The average Bonchev–Trinajstić information content (AvgIpc) is 3.36. The van der Waals surface area contributed by atoms with Gasteiger partial charge in [-0.25, -0.2) is 4.79 Å². The van der Waals surface area contributed by atoms with Crippen molar-refractivity contribution in [2.45, 2.75) is 49.6 Å². The van der Waals surface area contributed by atoms with Crippen LogP contribution in [0.4, 0.5) is 13.2 Å². The minimum absolute atomic E-state index is 0.0937. The molecule has 3 aromatic rings. The number of benzene rings is 3. The molecule has 0 aromatic heterocycles. The van der Waals surface area contributed by atoms with Crippen molar-refractivity contribution in [2.75, 3.05) is 13.7 Å². The predicted octanol–water partition coefficient (Wildman–Crippen LogP) is 6.93. The topological polar surface area (TPSA) is 44.8 Å². The van der Waals surface area contributed by atoms with Gasteiger partial charge < -0.3 is 14.2 Å². The summed E-state index contributed by atoms with van der Waals surface area (Å²) in [6.07, 6.45) is -1.35. The standard InChI is InChI=1S/C28H27F3O4S/c1-18-14-25(23-4-3-5-24(23)27(18)35-16-26(32)33-2)36-17-20-8-12-22(13-9-20)34-15-19-6-10-21(11-7-19)28(29,30)31/h6-14H,3-5,15-17H2,1-2H3. The second kappa shape index (κ2) is 11.3. The highest BCUT2D eigenvalue weighted by atomic mass is 32.2. The number of fused-ring (bicyclic) bond motifs is 1. The Balaban J connectivity index is 1.35. The van der Waals surface area contributed by atoms with E-state index in [1.807, 2.05) is 31.2 Å². The van der Waals surface area contributed by atoms with Crippen molar-refractivity contribution < 1.29 is 32.2 Å². The molecule has 8 heteroatoms. The maximum absolute atomic E-state index is 12.7. The first-order valence-electron chi connectivity index (χ1n) is 11.6. The Kier molecular flexibility index (Phi) is 8.14. The van der Waals surface area contributed by atoms with Crippen LogP contribution in [-0.4, -0.2) is 19.7 Å². The number of esters is 1. The molecule has 3 aromatic carbocycles. The predicted molar refractivity (Wildman–Crippen MR) is 132 cm³/mol. The van der Waals surface area contributed by atoms with Gasteiger partial charge in [-0.15, -0.1) is 11.8 Å². The summed E-state index contributed by atoms with van der Waals surface area (Å²) in [7, 11) is 1.35. The molecule has 0 heterocycles. The van der Waals surface area contributed by atoms with E-state index in [0.717, 1.165) is 54.0 Å². The normalized spacial score (nSPS) is 12.8. The summed E-state index contributed by atoms with van der Waals surface area (Å²) >= 11 is 1.77. The zero-order chi connectivity index (χ0) is 25.7. The van der Waals surface area contributed by atoms with Crippen LogP contribution in [-0.2, 0) is 40.9 Å². The van der Waals surface area contributed by atoms with Gasteiger partial charge in [-0.1, -0.05) is 24.3 Å². The number of carbonyl (C=O) groups is 1. The van der Waals surface area contributed by atoms with Crippen molar-refractivity contribution in [3.8, 4) is 11.5 Å². The van der Waals surface area contributed by atoms with Crippen molar-refractivity contribution in [1.29, 1.82) is 0 Å². The molecular formula is C28H27F3O4S. The maximum Gasteiger partial charge on any atom is 0.416 e. The molecule has 0 radical (unpaired) electrons. The van der Waals surface area contributed by atoms with E-state index >= 15 is 0 Å². The minimum atomic E-state index is -4.34. The molecule has 4 rings (SSSR count). The fraction of sp³-hybridized carbons (Fsp3) is 0.321. The first-order chi connectivity index (χ1) is 17.2. The molecule has 190 valence electrons. The van der Waals surface area contributed by atoms with E-state index in [9.17, 15) is 18.0 Å². The number of hydrogen-bond donors (Lipinski definition) is 0. The van der Waals surface area contributed by atoms with E-state index in [2.05, 4.69) is 10.8 Å². The second-order valence-electron chi connectivity index (χ2n) is 8.61. The van der Waals surface area contributed by atoms with E-state index in [-0.39, 0.29) is 13.2 Å². The van der Waals surface area contributed by atoms with Gasteiger partial charge in [-0.3, -0.25) is 0 Å². The molecule has 1 aliphatic carbocycles. The van der Waals surface area contributed by atoms with E-state index in [1.54, 1.807) is 11.8 Å². The first kappa shape index (κ1) is 25.9. The molecule has 0 bridgehead atoms. The highest BCUT2D eigenvalue weighted by Gasteiger charge is 2.30. The van der Waals surface area contributed by atoms with E-state index in [1.165, 1.54) is 35.3 Å². The van der Waals surface area contributed by atoms with Crippen LogP contribution in [0, 0.1) is 6.92 Å². The summed E-state index contributed by atoms with van der Waals surface area (Å²) in [5.74, 6) is 1.85. The van der Waals surface area contributed by atoms with Crippen molar-refractivity contribution in [3.05, 3.63) is 88.0 Å². The van der Waals surface area contributed by atoms with Gasteiger partial charge in [-0.05, 0) is 84.3 Å². The summed E-state index contributed by atoms with van der Waals surface area (Å²) in [6, 6.07) is 14.9. The lowest BCUT2D eigenvalue weighted by atomic mass is 10.1. The number of methoxy groups -OCH3 is 1. The lowest BCUT2D eigenvalue weighted by Gasteiger charge is -2.16. The second-order valence-corrected chi connectivity index (χ2v) is 9.63. The number of thioether (sulfide) groups is 1. The number of rotatable bonds is 9. The molecule has 0 unspecified atom stereocenters. The zero-order valence-corrected chi connectivity index (χ0v) is 20.9. The molecule has 0 fully saturated rings. The Bertz CT molecular complexity index is 1210.